The van der Waals surface area contributed by atoms with Crippen molar-refractivity contribution < 1.29 is 14.4 Å². The molecule has 3 aliphatic heterocycles. The van der Waals surface area contributed by atoms with E-state index in [1.807, 2.05) is 4.90 Å². The second-order valence-corrected chi connectivity index (χ2v) is 8.03. The van der Waals surface area contributed by atoms with Gasteiger partial charge in [0.15, 0.2) is 0 Å². The Bertz CT molecular complexity index is 841. The number of hydrogen-bond donors (Lipinski definition) is 1. The van der Waals surface area contributed by atoms with Gasteiger partial charge in [0.2, 0.25) is 5.91 Å². The molecule has 0 bridgehead atoms. The van der Waals surface area contributed by atoms with Gasteiger partial charge in [-0.3, -0.25) is 9.69 Å². The number of likely N-dealkylation sites (tertiary alicyclic amines) is 1. The van der Waals surface area contributed by atoms with Gasteiger partial charge in [0.05, 0.1) is 6.04 Å². The van der Waals surface area contributed by atoms with Crippen LogP contribution in [0.2, 0.25) is 0 Å². The van der Waals surface area contributed by atoms with Gasteiger partial charge in [0, 0.05) is 20.6 Å². The van der Waals surface area contributed by atoms with Crippen LogP contribution in [0.5, 0.6) is 0 Å². The molecule has 8 nitrogen and oxygen atoms in total. The highest BCUT2D eigenvalue weighted by molar-refractivity contribution is 5.89. The molecule has 0 spiro atoms. The molecule has 0 aromatic heterocycles. The Kier molecular flexibility index (Phi) is 4.44. The highest BCUT2D eigenvalue weighted by Crippen LogP contribution is 2.34. The molecule has 4 rings (SSSR count). The number of aryl methyl sites for hydroxylation is 2. The summed E-state index contributed by atoms with van der Waals surface area (Å²) >= 11 is 0. The van der Waals surface area contributed by atoms with E-state index in [9.17, 15) is 14.4 Å². The lowest BCUT2D eigenvalue weighted by molar-refractivity contribution is -0.133. The molecular formula is C20H27N5O3. The van der Waals surface area contributed by atoms with Crippen molar-refractivity contribution in [3.05, 3.63) is 34.9 Å². The third kappa shape index (κ3) is 2.78. The lowest BCUT2D eigenvalue weighted by Gasteiger charge is -2.30. The second-order valence-electron chi connectivity index (χ2n) is 8.03. The van der Waals surface area contributed by atoms with E-state index in [1.165, 1.54) is 25.8 Å². The van der Waals surface area contributed by atoms with Crippen LogP contribution in [0.3, 0.4) is 0 Å². The molecule has 0 radical (unpaired) electrons. The summed E-state index contributed by atoms with van der Waals surface area (Å²) in [5, 5.41) is 2.81. The van der Waals surface area contributed by atoms with Crippen molar-refractivity contribution in [2.45, 2.75) is 45.1 Å². The maximum absolute atomic E-state index is 13.1. The lowest BCUT2D eigenvalue weighted by atomic mass is 9.99. The Morgan fingerprint density at radius 3 is 2.61 bits per heavy atom. The van der Waals surface area contributed by atoms with E-state index >= 15 is 0 Å². The Balaban J connectivity index is 1.52. The lowest BCUT2D eigenvalue weighted by Crippen LogP contribution is -2.49. The van der Waals surface area contributed by atoms with Crippen LogP contribution in [0.4, 0.5) is 9.59 Å². The highest BCUT2D eigenvalue weighted by Gasteiger charge is 2.53. The molecule has 0 saturated carbocycles. The molecule has 150 valence electrons. The molecule has 1 aromatic carbocycles. The summed E-state index contributed by atoms with van der Waals surface area (Å²) in [6.45, 7) is 4.82. The number of rotatable bonds is 3. The van der Waals surface area contributed by atoms with Gasteiger partial charge < -0.3 is 20.0 Å². The molecule has 3 saturated heterocycles. The third-order valence-corrected chi connectivity index (χ3v) is 6.35. The van der Waals surface area contributed by atoms with E-state index in [4.69, 9.17) is 0 Å². The van der Waals surface area contributed by atoms with Crippen molar-refractivity contribution in [2.24, 2.45) is 0 Å². The minimum atomic E-state index is -0.461. The van der Waals surface area contributed by atoms with Crippen molar-refractivity contribution in [1.82, 2.24) is 24.9 Å². The summed E-state index contributed by atoms with van der Waals surface area (Å²) in [6, 6.07) is 5.91. The van der Waals surface area contributed by atoms with Crippen LogP contribution < -0.4 is 5.32 Å². The van der Waals surface area contributed by atoms with Gasteiger partial charge in [0.25, 0.3) is 0 Å². The molecule has 28 heavy (non-hydrogen) atoms. The normalized spacial score (nSPS) is 26.9. The van der Waals surface area contributed by atoms with Crippen molar-refractivity contribution in [3.8, 4) is 0 Å². The molecule has 3 atom stereocenters. The van der Waals surface area contributed by atoms with Crippen molar-refractivity contribution in [1.29, 1.82) is 0 Å². The van der Waals surface area contributed by atoms with Crippen molar-refractivity contribution in [3.63, 3.8) is 0 Å². The number of benzene rings is 1. The number of fused-ring (bicyclic) bond motifs is 1. The van der Waals surface area contributed by atoms with E-state index in [0.717, 1.165) is 18.4 Å². The number of urea groups is 2. The predicted molar refractivity (Wildman–Crippen MR) is 103 cm³/mol. The van der Waals surface area contributed by atoms with E-state index in [0.29, 0.717) is 6.54 Å². The largest absolute Gasteiger partial charge is 0.334 e. The van der Waals surface area contributed by atoms with Gasteiger partial charge in [-0.25, -0.2) is 9.59 Å². The first kappa shape index (κ1) is 18.6. The number of hydrogen-bond acceptors (Lipinski definition) is 3. The number of nitrogens with zero attached hydrogens (tertiary/aromatic N) is 4. The predicted octanol–water partition coefficient (Wildman–Crippen LogP) is 1.64. The molecule has 0 unspecified atom stereocenters. The number of carbonyl (C=O) groups is 3. The molecule has 3 fully saturated rings. The van der Waals surface area contributed by atoms with Crippen LogP contribution in [0.25, 0.3) is 0 Å². The van der Waals surface area contributed by atoms with Crippen molar-refractivity contribution in [2.75, 3.05) is 27.2 Å². The zero-order chi connectivity index (χ0) is 20.2. The zero-order valence-corrected chi connectivity index (χ0v) is 16.8. The van der Waals surface area contributed by atoms with Crippen LogP contribution in [0.15, 0.2) is 18.2 Å². The fourth-order valence-electron chi connectivity index (χ4n) is 4.56. The first-order valence-corrected chi connectivity index (χ1v) is 9.73. The second kappa shape index (κ2) is 6.68. The molecule has 1 N–H and O–H groups in total. The summed E-state index contributed by atoms with van der Waals surface area (Å²) in [5.41, 5.74) is 3.59. The highest BCUT2D eigenvalue weighted by atomic mass is 16.2. The number of carbonyl (C=O) groups excluding carboxylic acids is 3. The topological polar surface area (TPSA) is 76.2 Å². The molecule has 1 aromatic rings. The number of nitrogens with one attached hydrogen (secondary N) is 1. The summed E-state index contributed by atoms with van der Waals surface area (Å²) in [4.78, 5) is 44.1. The van der Waals surface area contributed by atoms with Crippen molar-refractivity contribution >= 4 is 18.0 Å². The number of likely N-dealkylation sites (N-methyl/N-ethyl adjacent to an activating group) is 2. The maximum atomic E-state index is 13.1. The zero-order valence-electron chi connectivity index (χ0n) is 16.8. The van der Waals surface area contributed by atoms with Crippen LogP contribution >= 0.6 is 0 Å². The average molecular weight is 385 g/mol. The van der Waals surface area contributed by atoms with E-state index in [2.05, 4.69) is 37.4 Å². The van der Waals surface area contributed by atoms with Gasteiger partial charge in [-0.2, -0.15) is 0 Å². The van der Waals surface area contributed by atoms with E-state index < -0.39 is 12.3 Å². The van der Waals surface area contributed by atoms with Gasteiger partial charge in [0.1, 0.15) is 18.9 Å². The van der Waals surface area contributed by atoms with Gasteiger partial charge in [-0.1, -0.05) is 18.2 Å². The minimum Gasteiger partial charge on any atom is -0.334 e. The first-order valence-electron chi connectivity index (χ1n) is 9.73. The fourth-order valence-corrected chi connectivity index (χ4v) is 4.56. The van der Waals surface area contributed by atoms with Crippen LogP contribution in [-0.2, 0) is 4.79 Å². The average Bonchev–Trinajstić information content (AvgIpc) is 3.32. The Morgan fingerprint density at radius 1 is 1.14 bits per heavy atom. The molecule has 8 heteroatoms. The van der Waals surface area contributed by atoms with E-state index in [1.54, 1.807) is 14.1 Å². The molecule has 3 heterocycles. The third-order valence-electron chi connectivity index (χ3n) is 6.35. The molecule has 5 amide bonds. The summed E-state index contributed by atoms with van der Waals surface area (Å²) in [5.74, 6) is -0.0769. The van der Waals surface area contributed by atoms with Crippen LogP contribution in [-0.4, -0.2) is 77.1 Å². The number of amides is 5. The molecular weight excluding hydrogens is 358 g/mol. The van der Waals surface area contributed by atoms with Crippen LogP contribution in [0.1, 0.15) is 35.6 Å². The fraction of sp³-hybridized carbons (Fsp3) is 0.550. The summed E-state index contributed by atoms with van der Waals surface area (Å²) in [7, 11) is 3.32. The Labute approximate surface area is 165 Å². The SMILES string of the molecule is Cc1ccc([C@@H]2CCCN2C(=O)CN2C(=O)N[C@H]3[C@H]2N(C)C(=O)N3C)cc1C. The quantitative estimate of drug-likeness (QED) is 0.859. The summed E-state index contributed by atoms with van der Waals surface area (Å²) in [6.07, 6.45) is 0.986. The van der Waals surface area contributed by atoms with Gasteiger partial charge in [-0.05, 0) is 43.4 Å². The van der Waals surface area contributed by atoms with Crippen LogP contribution in [0, 0.1) is 13.8 Å². The Hall–Kier alpha value is -2.77. The first-order chi connectivity index (χ1) is 13.3. The monoisotopic (exact) mass is 385 g/mol. The molecule has 0 aliphatic carbocycles. The minimum absolute atomic E-state index is 0.0280. The molecule has 3 aliphatic rings. The standard InChI is InChI=1S/C20H27N5O3/c1-12-7-8-14(10-13(12)2)15-6-5-9-24(15)16(26)11-25-18-17(21-19(25)27)22(3)20(28)23(18)4/h7-8,10,15,17-18H,5-6,9,11H2,1-4H3,(H,21,27)/t15-,17+,18-/m0/s1. The van der Waals surface area contributed by atoms with Gasteiger partial charge >= 0.3 is 12.1 Å². The van der Waals surface area contributed by atoms with E-state index in [-0.39, 0.29) is 30.6 Å². The maximum Gasteiger partial charge on any atom is 0.323 e. The Morgan fingerprint density at radius 2 is 1.89 bits per heavy atom. The smallest absolute Gasteiger partial charge is 0.323 e. The summed E-state index contributed by atoms with van der Waals surface area (Å²) < 4.78 is 0. The van der Waals surface area contributed by atoms with Gasteiger partial charge in [-0.15, -0.1) is 0 Å².